The van der Waals surface area contributed by atoms with Gasteiger partial charge in [0, 0.05) is 5.92 Å². The van der Waals surface area contributed by atoms with E-state index in [4.69, 9.17) is 9.47 Å². The highest BCUT2D eigenvalue weighted by Gasteiger charge is 2.47. The third-order valence-corrected chi connectivity index (χ3v) is 3.19. The topological polar surface area (TPSA) is 82.1 Å². The van der Waals surface area contributed by atoms with E-state index >= 15 is 0 Å². The number of ether oxygens (including phenoxy) is 3. The maximum atomic E-state index is 11.5. The van der Waals surface area contributed by atoms with Crippen molar-refractivity contribution < 1.29 is 28.9 Å². The minimum atomic E-state index is -1.07. The molecular weight excluding hydrogens is 228 g/mol. The summed E-state index contributed by atoms with van der Waals surface area (Å²) >= 11 is 0. The summed E-state index contributed by atoms with van der Waals surface area (Å²) in [5, 5.41) is 9.72. The minimum absolute atomic E-state index is 0.0519. The smallest absolute Gasteiger partial charge is 0.337 e. The number of rotatable bonds is 1. The molecule has 0 radical (unpaired) electrons. The van der Waals surface area contributed by atoms with Gasteiger partial charge in [-0.1, -0.05) is 0 Å². The van der Waals surface area contributed by atoms with E-state index in [1.807, 2.05) is 0 Å². The molecule has 2 rings (SSSR count). The quantitative estimate of drug-likeness (QED) is 0.650. The molecule has 0 aliphatic carbocycles. The molecule has 0 aromatic carbocycles. The van der Waals surface area contributed by atoms with Crippen molar-refractivity contribution in [2.45, 2.75) is 25.7 Å². The second kappa shape index (κ2) is 4.37. The molecule has 4 atom stereocenters. The molecular formula is C11H14O6. The van der Waals surface area contributed by atoms with Crippen molar-refractivity contribution in [2.24, 2.45) is 11.8 Å². The second-order valence-corrected chi connectivity index (χ2v) is 4.17. The van der Waals surface area contributed by atoms with Crippen LogP contribution in [0.15, 0.2) is 11.8 Å². The first-order valence-electron chi connectivity index (χ1n) is 5.36. The summed E-state index contributed by atoms with van der Waals surface area (Å²) in [7, 11) is 1.26. The van der Waals surface area contributed by atoms with E-state index in [1.165, 1.54) is 13.4 Å². The van der Waals surface area contributed by atoms with Crippen molar-refractivity contribution in [1.82, 2.24) is 0 Å². The summed E-state index contributed by atoms with van der Waals surface area (Å²) in [4.78, 5) is 22.9. The van der Waals surface area contributed by atoms with Gasteiger partial charge in [-0.15, -0.1) is 0 Å². The van der Waals surface area contributed by atoms with Crippen LogP contribution in [0.2, 0.25) is 0 Å². The molecule has 2 heterocycles. The van der Waals surface area contributed by atoms with E-state index < -0.39 is 30.2 Å². The lowest BCUT2D eigenvalue weighted by atomic mass is 9.77. The zero-order valence-electron chi connectivity index (χ0n) is 9.58. The van der Waals surface area contributed by atoms with Crippen LogP contribution in [0, 0.1) is 11.8 Å². The van der Waals surface area contributed by atoms with Crippen LogP contribution in [0.4, 0.5) is 0 Å². The number of carbonyl (C=O) groups excluding carboxylic acids is 2. The number of aliphatic hydroxyl groups is 1. The highest BCUT2D eigenvalue weighted by atomic mass is 16.6. The molecule has 1 fully saturated rings. The number of aliphatic hydroxyl groups excluding tert-OH is 1. The fourth-order valence-electron chi connectivity index (χ4n) is 2.36. The van der Waals surface area contributed by atoms with Crippen LogP contribution in [0.25, 0.3) is 0 Å². The molecule has 0 saturated carbocycles. The summed E-state index contributed by atoms with van der Waals surface area (Å²) in [6, 6.07) is 0. The zero-order chi connectivity index (χ0) is 12.6. The molecule has 2 aliphatic rings. The third-order valence-electron chi connectivity index (χ3n) is 3.19. The first-order valence-corrected chi connectivity index (χ1v) is 5.36. The van der Waals surface area contributed by atoms with Gasteiger partial charge in [0.1, 0.15) is 6.10 Å². The summed E-state index contributed by atoms with van der Waals surface area (Å²) in [6.45, 7) is 1.67. The van der Waals surface area contributed by atoms with Crippen molar-refractivity contribution in [3.8, 4) is 0 Å². The molecule has 0 bridgehead atoms. The fourth-order valence-corrected chi connectivity index (χ4v) is 2.36. The lowest BCUT2D eigenvalue weighted by Crippen LogP contribution is -2.48. The van der Waals surface area contributed by atoms with Crippen molar-refractivity contribution >= 4 is 11.9 Å². The number of carbonyl (C=O) groups is 2. The second-order valence-electron chi connectivity index (χ2n) is 4.17. The van der Waals surface area contributed by atoms with Crippen LogP contribution in [0.5, 0.6) is 0 Å². The molecule has 94 valence electrons. The van der Waals surface area contributed by atoms with Gasteiger partial charge in [-0.25, -0.2) is 4.79 Å². The van der Waals surface area contributed by atoms with Gasteiger partial charge in [0.15, 0.2) is 0 Å². The highest BCUT2D eigenvalue weighted by Crippen LogP contribution is 2.39. The molecule has 17 heavy (non-hydrogen) atoms. The molecule has 1 saturated heterocycles. The van der Waals surface area contributed by atoms with Crippen molar-refractivity contribution in [3.63, 3.8) is 0 Å². The number of hydrogen-bond donors (Lipinski definition) is 1. The van der Waals surface area contributed by atoms with Gasteiger partial charge in [-0.3, -0.25) is 4.79 Å². The van der Waals surface area contributed by atoms with E-state index in [1.54, 1.807) is 6.92 Å². The van der Waals surface area contributed by atoms with Gasteiger partial charge in [0.25, 0.3) is 0 Å². The van der Waals surface area contributed by atoms with Crippen LogP contribution < -0.4 is 0 Å². The van der Waals surface area contributed by atoms with E-state index in [2.05, 4.69) is 4.74 Å². The summed E-state index contributed by atoms with van der Waals surface area (Å²) in [5.74, 6) is -1.79. The SMILES string of the molecule is COC(=O)C1=CO[C@@H](O)[C@@H]2C(C)OC(=O)C[C@H]12. The lowest BCUT2D eigenvalue weighted by Gasteiger charge is -2.40. The fraction of sp³-hybridized carbons (Fsp3) is 0.636. The van der Waals surface area contributed by atoms with Gasteiger partial charge in [-0.2, -0.15) is 0 Å². The third kappa shape index (κ3) is 2.00. The summed E-state index contributed by atoms with van der Waals surface area (Å²) < 4.78 is 14.6. The van der Waals surface area contributed by atoms with Crippen molar-refractivity contribution in [2.75, 3.05) is 7.11 Å². The lowest BCUT2D eigenvalue weighted by molar-refractivity contribution is -0.192. The Balaban J connectivity index is 2.31. The number of cyclic esters (lactones) is 1. The largest absolute Gasteiger partial charge is 0.472 e. The average Bonchev–Trinajstić information content (AvgIpc) is 2.27. The molecule has 6 nitrogen and oxygen atoms in total. The molecule has 0 aromatic heterocycles. The van der Waals surface area contributed by atoms with Gasteiger partial charge in [0.05, 0.1) is 31.3 Å². The normalized spacial score (nSPS) is 36.2. The van der Waals surface area contributed by atoms with E-state index in [0.29, 0.717) is 0 Å². The van der Waals surface area contributed by atoms with Gasteiger partial charge in [-0.05, 0) is 6.92 Å². The van der Waals surface area contributed by atoms with E-state index in [0.717, 1.165) is 0 Å². The average molecular weight is 242 g/mol. The predicted octanol–water partition coefficient (Wildman–Crippen LogP) is -0.0403. The molecule has 0 aromatic rings. The Morgan fingerprint density at radius 3 is 2.94 bits per heavy atom. The van der Waals surface area contributed by atoms with E-state index in [-0.39, 0.29) is 18.0 Å². The van der Waals surface area contributed by atoms with Gasteiger partial charge >= 0.3 is 11.9 Å². The maximum Gasteiger partial charge on any atom is 0.337 e. The Morgan fingerprint density at radius 1 is 1.59 bits per heavy atom. The monoisotopic (exact) mass is 242 g/mol. The highest BCUT2D eigenvalue weighted by molar-refractivity contribution is 5.90. The molecule has 1 N–H and O–H groups in total. The molecule has 0 spiro atoms. The Morgan fingerprint density at radius 2 is 2.29 bits per heavy atom. The van der Waals surface area contributed by atoms with Crippen LogP contribution in [-0.2, 0) is 23.8 Å². The van der Waals surface area contributed by atoms with Crippen LogP contribution in [0.1, 0.15) is 13.3 Å². The number of esters is 2. The number of fused-ring (bicyclic) bond motifs is 1. The Kier molecular flexibility index (Phi) is 3.06. The van der Waals surface area contributed by atoms with Gasteiger partial charge < -0.3 is 19.3 Å². The Hall–Kier alpha value is -1.56. The molecule has 2 aliphatic heterocycles. The van der Waals surface area contributed by atoms with Crippen molar-refractivity contribution in [3.05, 3.63) is 11.8 Å². The Labute approximate surface area is 98.1 Å². The summed E-state index contributed by atoms with van der Waals surface area (Å²) in [6.07, 6.45) is -0.347. The van der Waals surface area contributed by atoms with Crippen LogP contribution in [0.3, 0.4) is 0 Å². The first-order chi connectivity index (χ1) is 8.04. The summed E-state index contributed by atoms with van der Waals surface area (Å²) in [5.41, 5.74) is 0.270. The minimum Gasteiger partial charge on any atom is -0.472 e. The van der Waals surface area contributed by atoms with Crippen molar-refractivity contribution in [1.29, 1.82) is 0 Å². The predicted molar refractivity (Wildman–Crippen MR) is 54.3 cm³/mol. The van der Waals surface area contributed by atoms with Crippen LogP contribution in [-0.4, -0.2) is 36.5 Å². The molecule has 1 unspecified atom stereocenters. The first kappa shape index (κ1) is 11.9. The Bertz CT molecular complexity index is 374. The maximum absolute atomic E-state index is 11.5. The van der Waals surface area contributed by atoms with E-state index in [9.17, 15) is 14.7 Å². The molecule has 0 amide bonds. The number of hydrogen-bond acceptors (Lipinski definition) is 6. The standard InChI is InChI=1S/C11H14O6/c1-5-9-6(3-8(12)17-5)7(10(13)15-2)4-16-11(9)14/h4-6,9,11,14H,3H2,1-2H3/t5?,6-,9-,11-/m1/s1. The number of methoxy groups -OCH3 is 1. The van der Waals surface area contributed by atoms with Crippen LogP contribution >= 0.6 is 0 Å². The zero-order valence-corrected chi connectivity index (χ0v) is 9.58. The van der Waals surface area contributed by atoms with Gasteiger partial charge in [0.2, 0.25) is 6.29 Å². The molecule has 6 heteroatoms.